The van der Waals surface area contributed by atoms with Gasteiger partial charge in [0, 0.05) is 37.5 Å². The zero-order chi connectivity index (χ0) is 23.3. The van der Waals surface area contributed by atoms with Gasteiger partial charge in [0.2, 0.25) is 0 Å². The molecule has 1 aromatic heterocycles. The summed E-state index contributed by atoms with van der Waals surface area (Å²) in [7, 11) is 3.86. The molecule has 0 unspecified atom stereocenters. The smallest absolute Gasteiger partial charge is 0.155 e. The molecule has 1 aromatic carbocycles. The maximum absolute atomic E-state index is 15.0. The van der Waals surface area contributed by atoms with Crippen molar-refractivity contribution in [3.05, 3.63) is 77.0 Å². The van der Waals surface area contributed by atoms with Gasteiger partial charge >= 0.3 is 0 Å². The van der Waals surface area contributed by atoms with Crippen LogP contribution in [0, 0.1) is 23.1 Å². The number of amidine groups is 1. The Kier molecular flexibility index (Phi) is 5.33. The number of thioether (sulfide) groups is 1. The molecule has 0 bridgehead atoms. The normalized spacial score (nSPS) is 26.6. The number of rotatable bonds is 5. The molecule has 8 heteroatoms. The van der Waals surface area contributed by atoms with Gasteiger partial charge in [0.05, 0.1) is 21.5 Å². The topological polar surface area (TPSA) is 78.3 Å². The van der Waals surface area contributed by atoms with E-state index in [-0.39, 0.29) is 16.4 Å². The number of aliphatic imine (C=N–C) groups is 1. The third-order valence-corrected chi connectivity index (χ3v) is 7.56. The summed E-state index contributed by atoms with van der Waals surface area (Å²) in [5.41, 5.74) is 7.50. The first kappa shape index (κ1) is 22.0. The van der Waals surface area contributed by atoms with E-state index in [1.807, 2.05) is 32.0 Å². The third-order valence-electron chi connectivity index (χ3n) is 6.21. The standard InChI is InChI=1S/C24H23F2N5S/c1-14(31(3)4)24-11-21(24)23(2,30-22(28)32-24)17-9-15(5-7-18(17)25)10-19(26)20-8-6-16(12-27)13-29-20/h5-10,13,21H,1,11H2,2-4H3,(H2,28,30)/b19-10-/t21-,23+,24+/m0/s1. The highest BCUT2D eigenvalue weighted by Gasteiger charge is 2.68. The van der Waals surface area contributed by atoms with Gasteiger partial charge in [0.1, 0.15) is 17.7 Å². The molecule has 3 atom stereocenters. The highest BCUT2D eigenvalue weighted by Crippen LogP contribution is 2.68. The second kappa shape index (κ2) is 7.75. The van der Waals surface area contributed by atoms with Gasteiger partial charge in [0.25, 0.3) is 0 Å². The van der Waals surface area contributed by atoms with E-state index < -0.39 is 17.2 Å². The van der Waals surface area contributed by atoms with Crippen LogP contribution < -0.4 is 5.73 Å². The predicted octanol–water partition coefficient (Wildman–Crippen LogP) is 4.67. The Morgan fingerprint density at radius 1 is 1.38 bits per heavy atom. The van der Waals surface area contributed by atoms with Crippen molar-refractivity contribution >= 4 is 28.8 Å². The number of aromatic nitrogens is 1. The molecule has 1 aliphatic heterocycles. The van der Waals surface area contributed by atoms with E-state index >= 15 is 4.39 Å². The molecule has 32 heavy (non-hydrogen) atoms. The van der Waals surface area contributed by atoms with E-state index in [0.29, 0.717) is 21.9 Å². The van der Waals surface area contributed by atoms with Crippen LogP contribution in [0.25, 0.3) is 11.9 Å². The van der Waals surface area contributed by atoms with E-state index in [1.165, 1.54) is 48.3 Å². The molecule has 1 saturated carbocycles. The van der Waals surface area contributed by atoms with Crippen molar-refractivity contribution in [3.63, 3.8) is 0 Å². The number of fused-ring (bicyclic) bond motifs is 1. The lowest BCUT2D eigenvalue weighted by atomic mass is 9.84. The van der Waals surface area contributed by atoms with Gasteiger partial charge in [-0.2, -0.15) is 5.26 Å². The Balaban J connectivity index is 1.72. The van der Waals surface area contributed by atoms with Crippen LogP contribution in [0.2, 0.25) is 0 Å². The molecule has 0 amide bonds. The predicted molar refractivity (Wildman–Crippen MR) is 125 cm³/mol. The lowest BCUT2D eigenvalue weighted by molar-refractivity contribution is 0.381. The number of pyridine rings is 1. The zero-order valence-corrected chi connectivity index (χ0v) is 18.9. The summed E-state index contributed by atoms with van der Waals surface area (Å²) < 4.78 is 29.5. The maximum atomic E-state index is 15.0. The fourth-order valence-electron chi connectivity index (χ4n) is 4.37. The van der Waals surface area contributed by atoms with Gasteiger partial charge < -0.3 is 10.6 Å². The zero-order valence-electron chi connectivity index (χ0n) is 18.1. The van der Waals surface area contributed by atoms with Gasteiger partial charge in [-0.3, -0.25) is 9.98 Å². The summed E-state index contributed by atoms with van der Waals surface area (Å²) >= 11 is 1.48. The van der Waals surface area contributed by atoms with Gasteiger partial charge in [-0.1, -0.05) is 24.4 Å². The Morgan fingerprint density at radius 2 is 2.12 bits per heavy atom. The van der Waals surface area contributed by atoms with Crippen molar-refractivity contribution in [2.75, 3.05) is 14.1 Å². The molecule has 1 aliphatic carbocycles. The summed E-state index contributed by atoms with van der Waals surface area (Å²) in [5, 5.41) is 9.26. The Hall–Kier alpha value is -3.18. The molecule has 1 fully saturated rings. The van der Waals surface area contributed by atoms with E-state index in [9.17, 15) is 4.39 Å². The van der Waals surface area contributed by atoms with Crippen LogP contribution >= 0.6 is 11.8 Å². The molecule has 164 valence electrons. The summed E-state index contributed by atoms with van der Waals surface area (Å²) in [5.74, 6) is -0.983. The van der Waals surface area contributed by atoms with Crippen LogP contribution in [-0.4, -0.2) is 33.9 Å². The number of hydrogen-bond donors (Lipinski definition) is 1. The first-order valence-electron chi connectivity index (χ1n) is 10.1. The van der Waals surface area contributed by atoms with Gasteiger partial charge in [0.15, 0.2) is 5.17 Å². The molecule has 0 saturated heterocycles. The van der Waals surface area contributed by atoms with Crippen LogP contribution in [-0.2, 0) is 5.54 Å². The van der Waals surface area contributed by atoms with E-state index in [4.69, 9.17) is 11.0 Å². The van der Waals surface area contributed by atoms with Gasteiger partial charge in [-0.15, -0.1) is 0 Å². The van der Waals surface area contributed by atoms with Crippen molar-refractivity contribution in [1.82, 2.24) is 9.88 Å². The number of hydrogen-bond acceptors (Lipinski definition) is 6. The monoisotopic (exact) mass is 451 g/mol. The second-order valence-corrected chi connectivity index (χ2v) is 9.81. The van der Waals surface area contributed by atoms with Crippen LogP contribution in [0.5, 0.6) is 0 Å². The molecule has 4 rings (SSSR count). The largest absolute Gasteiger partial charge is 0.380 e. The van der Waals surface area contributed by atoms with Crippen molar-refractivity contribution in [3.8, 4) is 6.07 Å². The lowest BCUT2D eigenvalue weighted by Gasteiger charge is -2.36. The fourth-order valence-corrected chi connectivity index (χ4v) is 5.90. The van der Waals surface area contributed by atoms with E-state index in [1.54, 1.807) is 6.07 Å². The molecule has 2 aliphatic rings. The highest BCUT2D eigenvalue weighted by molar-refractivity contribution is 8.15. The van der Waals surface area contributed by atoms with Crippen LogP contribution in [0.15, 0.2) is 53.8 Å². The maximum Gasteiger partial charge on any atom is 0.155 e. The Bertz CT molecular complexity index is 1200. The van der Waals surface area contributed by atoms with E-state index in [0.717, 1.165) is 12.1 Å². The minimum Gasteiger partial charge on any atom is -0.380 e. The fraction of sp³-hybridized carbons (Fsp3) is 0.292. The molecular formula is C24H23F2N5S. The average molecular weight is 452 g/mol. The van der Waals surface area contributed by atoms with Crippen molar-refractivity contribution in [2.45, 2.75) is 23.6 Å². The van der Waals surface area contributed by atoms with Crippen LogP contribution in [0.4, 0.5) is 8.78 Å². The summed E-state index contributed by atoms with van der Waals surface area (Å²) in [6, 6.07) is 9.33. The quantitative estimate of drug-likeness (QED) is 0.715. The lowest BCUT2D eigenvalue weighted by Crippen LogP contribution is -2.38. The second-order valence-electron chi connectivity index (χ2n) is 8.46. The van der Waals surface area contributed by atoms with Crippen LogP contribution in [0.3, 0.4) is 0 Å². The van der Waals surface area contributed by atoms with Crippen LogP contribution in [0.1, 0.15) is 35.7 Å². The SMILES string of the molecule is C=C(N(C)C)[C@]12C[C@H]1[C@@](C)(c1cc(/C=C(\F)c3ccc(C#N)cn3)ccc1F)N=C(N)S2. The number of nitrogens with zero attached hydrogens (tertiary/aromatic N) is 4. The molecular weight excluding hydrogens is 428 g/mol. The molecule has 2 aromatic rings. The minimum absolute atomic E-state index is 0.0148. The molecule has 2 heterocycles. The minimum atomic E-state index is -0.897. The average Bonchev–Trinajstić information content (AvgIpc) is 3.51. The molecule has 0 spiro atoms. The first-order valence-corrected chi connectivity index (χ1v) is 10.9. The summed E-state index contributed by atoms with van der Waals surface area (Å²) in [6.07, 6.45) is 3.38. The highest BCUT2D eigenvalue weighted by atomic mass is 32.2. The van der Waals surface area contributed by atoms with E-state index in [2.05, 4.69) is 16.6 Å². The van der Waals surface area contributed by atoms with Gasteiger partial charge in [-0.05, 0) is 49.2 Å². The Labute approximate surface area is 190 Å². The summed E-state index contributed by atoms with van der Waals surface area (Å²) in [4.78, 5) is 10.6. The van der Waals surface area contributed by atoms with Crippen molar-refractivity contribution in [2.24, 2.45) is 16.6 Å². The number of benzene rings is 1. The third kappa shape index (κ3) is 3.56. The van der Waals surface area contributed by atoms with Crippen molar-refractivity contribution < 1.29 is 8.78 Å². The number of nitriles is 1. The van der Waals surface area contributed by atoms with Gasteiger partial charge in [-0.25, -0.2) is 8.78 Å². The first-order chi connectivity index (χ1) is 15.1. The molecule has 2 N–H and O–H groups in total. The number of nitrogens with two attached hydrogens (primary N) is 1. The van der Waals surface area contributed by atoms with Crippen molar-refractivity contribution in [1.29, 1.82) is 5.26 Å². The molecule has 5 nitrogen and oxygen atoms in total. The summed E-state index contributed by atoms with van der Waals surface area (Å²) in [6.45, 7) is 6.10. The Morgan fingerprint density at radius 3 is 2.75 bits per heavy atom. The molecule has 0 radical (unpaired) electrons. The number of halogens is 2.